The number of amides is 2. The highest BCUT2D eigenvalue weighted by Crippen LogP contribution is 2.35. The molecule has 0 fully saturated rings. The third-order valence-electron chi connectivity index (χ3n) is 4.51. The molecule has 4 rings (SSSR count). The number of benzene rings is 1. The molecule has 9 heteroatoms. The number of carbonyl (C=O) groups is 2. The van der Waals surface area contributed by atoms with Crippen molar-refractivity contribution >= 4 is 39.5 Å². The van der Waals surface area contributed by atoms with Gasteiger partial charge in [0.05, 0.1) is 26.8 Å². The lowest BCUT2D eigenvalue weighted by molar-refractivity contribution is -0.384. The summed E-state index contributed by atoms with van der Waals surface area (Å²) in [4.78, 5) is 37.8. The van der Waals surface area contributed by atoms with Crippen LogP contribution in [0.25, 0.3) is 0 Å². The summed E-state index contributed by atoms with van der Waals surface area (Å²) in [5.41, 5.74) is 2.14. The monoisotopic (exact) mass is 397 g/mol. The van der Waals surface area contributed by atoms with Crippen molar-refractivity contribution in [2.75, 3.05) is 16.8 Å². The van der Waals surface area contributed by atoms with E-state index < -0.39 is 10.8 Å². The minimum Gasteiger partial charge on any atom is -0.459 e. The lowest BCUT2D eigenvalue weighted by Gasteiger charge is -2.16. The van der Waals surface area contributed by atoms with Crippen molar-refractivity contribution in [2.24, 2.45) is 0 Å². The molecule has 1 aliphatic heterocycles. The first-order valence-electron chi connectivity index (χ1n) is 8.48. The second-order valence-corrected chi connectivity index (χ2v) is 7.38. The predicted molar refractivity (Wildman–Crippen MR) is 104 cm³/mol. The Morgan fingerprint density at radius 1 is 1.29 bits per heavy atom. The molecule has 1 aromatic carbocycles. The number of carbonyl (C=O) groups excluding carboxylic acids is 2. The molecule has 0 radical (unpaired) electrons. The van der Waals surface area contributed by atoms with Crippen LogP contribution < -0.4 is 10.2 Å². The van der Waals surface area contributed by atoms with Crippen LogP contribution in [0.4, 0.5) is 16.4 Å². The van der Waals surface area contributed by atoms with Gasteiger partial charge in [-0.25, -0.2) is 0 Å². The average molecular weight is 397 g/mol. The number of nitrogens with zero attached hydrogens (tertiary/aromatic N) is 2. The maximum absolute atomic E-state index is 13.1. The van der Waals surface area contributed by atoms with Gasteiger partial charge in [-0.1, -0.05) is 6.07 Å². The fraction of sp³-hybridized carbons (Fsp3) is 0.158. The van der Waals surface area contributed by atoms with Crippen LogP contribution in [0, 0.1) is 17.0 Å². The van der Waals surface area contributed by atoms with Crippen molar-refractivity contribution in [2.45, 2.75) is 13.3 Å². The molecule has 8 nitrogen and oxygen atoms in total. The minimum absolute atomic E-state index is 0.0484. The highest BCUT2D eigenvalue weighted by atomic mass is 32.1. The SMILES string of the molecule is Cc1cc(NC(=O)c2ccco2)sc1C(=O)N1CCc2ccc([N+](=O)[O-])cc21. The number of thiophene rings is 1. The summed E-state index contributed by atoms with van der Waals surface area (Å²) in [5, 5.41) is 14.3. The zero-order valence-corrected chi connectivity index (χ0v) is 15.6. The molecule has 1 aliphatic rings. The normalized spacial score (nSPS) is 12.7. The second-order valence-electron chi connectivity index (χ2n) is 6.33. The Morgan fingerprint density at radius 3 is 2.82 bits per heavy atom. The molecule has 0 atom stereocenters. The molecular formula is C19H15N3O5S. The number of hydrogen-bond acceptors (Lipinski definition) is 6. The van der Waals surface area contributed by atoms with Crippen molar-refractivity contribution < 1.29 is 18.9 Å². The Kier molecular flexibility index (Phi) is 4.44. The van der Waals surface area contributed by atoms with E-state index in [1.165, 1.54) is 29.7 Å². The Balaban J connectivity index is 1.59. The van der Waals surface area contributed by atoms with E-state index in [2.05, 4.69) is 5.32 Å². The van der Waals surface area contributed by atoms with Gasteiger partial charge >= 0.3 is 0 Å². The Hall–Kier alpha value is -3.46. The van der Waals surface area contributed by atoms with Gasteiger partial charge in [-0.2, -0.15) is 0 Å². The number of nitrogens with one attached hydrogen (secondary N) is 1. The first-order valence-corrected chi connectivity index (χ1v) is 9.30. The summed E-state index contributed by atoms with van der Waals surface area (Å²) >= 11 is 1.17. The van der Waals surface area contributed by atoms with Crippen molar-refractivity contribution in [1.29, 1.82) is 0 Å². The van der Waals surface area contributed by atoms with Crippen molar-refractivity contribution in [3.05, 3.63) is 74.5 Å². The zero-order chi connectivity index (χ0) is 19.8. The van der Waals surface area contributed by atoms with E-state index in [9.17, 15) is 19.7 Å². The van der Waals surface area contributed by atoms with Crippen LogP contribution in [-0.4, -0.2) is 23.3 Å². The molecule has 0 unspecified atom stereocenters. The van der Waals surface area contributed by atoms with E-state index in [0.717, 1.165) is 11.1 Å². The van der Waals surface area contributed by atoms with E-state index in [1.54, 1.807) is 36.1 Å². The summed E-state index contributed by atoms with van der Waals surface area (Å²) in [6.45, 7) is 2.25. The van der Waals surface area contributed by atoms with Gasteiger partial charge in [-0.3, -0.25) is 19.7 Å². The van der Waals surface area contributed by atoms with Gasteiger partial charge in [0, 0.05) is 18.7 Å². The number of nitro benzene ring substituents is 1. The standard InChI is InChI=1S/C19H15N3O5S/c1-11-9-16(20-18(23)15-3-2-8-27-15)28-17(11)19(24)21-7-6-12-4-5-13(22(25)26)10-14(12)21/h2-5,8-10H,6-7H2,1H3,(H,20,23). The molecule has 3 heterocycles. The van der Waals surface area contributed by atoms with Crippen molar-refractivity contribution in [3.63, 3.8) is 0 Å². The number of rotatable bonds is 4. The number of aryl methyl sites for hydroxylation is 1. The van der Waals surface area contributed by atoms with Gasteiger partial charge in [-0.15, -0.1) is 11.3 Å². The maximum Gasteiger partial charge on any atom is 0.291 e. The Labute approximate surface area is 163 Å². The van der Waals surface area contributed by atoms with Crippen LogP contribution in [-0.2, 0) is 6.42 Å². The lowest BCUT2D eigenvalue weighted by atomic mass is 10.1. The number of hydrogen-bond donors (Lipinski definition) is 1. The van der Waals surface area contributed by atoms with Crippen molar-refractivity contribution in [3.8, 4) is 0 Å². The molecule has 2 amide bonds. The molecule has 0 saturated heterocycles. The van der Waals surface area contributed by atoms with Crippen LogP contribution in [0.2, 0.25) is 0 Å². The van der Waals surface area contributed by atoms with Gasteiger partial charge in [0.25, 0.3) is 17.5 Å². The number of non-ortho nitro benzene ring substituents is 1. The van der Waals surface area contributed by atoms with Crippen LogP contribution in [0.5, 0.6) is 0 Å². The zero-order valence-electron chi connectivity index (χ0n) is 14.8. The molecule has 0 bridgehead atoms. The maximum atomic E-state index is 13.1. The third-order valence-corrected chi connectivity index (χ3v) is 5.65. The quantitative estimate of drug-likeness (QED) is 0.529. The van der Waals surface area contributed by atoms with Gasteiger partial charge in [0.2, 0.25) is 0 Å². The summed E-state index contributed by atoms with van der Waals surface area (Å²) in [7, 11) is 0. The number of anilines is 2. The molecule has 0 aliphatic carbocycles. The second kappa shape index (κ2) is 6.93. The van der Waals surface area contributed by atoms with Gasteiger partial charge < -0.3 is 14.6 Å². The third kappa shape index (κ3) is 3.16. The number of fused-ring (bicyclic) bond motifs is 1. The highest BCUT2D eigenvalue weighted by Gasteiger charge is 2.29. The van der Waals surface area contributed by atoms with Crippen LogP contribution in [0.15, 0.2) is 47.1 Å². The number of nitro groups is 1. The Morgan fingerprint density at radius 2 is 2.11 bits per heavy atom. The molecule has 0 saturated carbocycles. The van der Waals surface area contributed by atoms with Crippen LogP contribution in [0.3, 0.4) is 0 Å². The van der Waals surface area contributed by atoms with E-state index in [-0.39, 0.29) is 17.4 Å². The smallest absolute Gasteiger partial charge is 0.291 e. The van der Waals surface area contributed by atoms with Crippen molar-refractivity contribution in [1.82, 2.24) is 0 Å². The van der Waals surface area contributed by atoms with Gasteiger partial charge in [0.1, 0.15) is 0 Å². The predicted octanol–water partition coefficient (Wildman–Crippen LogP) is 4.01. The molecule has 0 spiro atoms. The van der Waals surface area contributed by atoms with E-state index in [4.69, 9.17) is 4.42 Å². The summed E-state index contributed by atoms with van der Waals surface area (Å²) in [5.74, 6) is -0.452. The van der Waals surface area contributed by atoms with Gasteiger partial charge in [0.15, 0.2) is 5.76 Å². The molecular weight excluding hydrogens is 382 g/mol. The van der Waals surface area contributed by atoms with E-state index in [0.29, 0.717) is 28.5 Å². The largest absolute Gasteiger partial charge is 0.459 e. The molecule has 3 aromatic rings. The first kappa shape index (κ1) is 17.9. The average Bonchev–Trinajstić information content (AvgIpc) is 3.40. The van der Waals surface area contributed by atoms with Crippen LogP contribution >= 0.6 is 11.3 Å². The lowest BCUT2D eigenvalue weighted by Crippen LogP contribution is -2.28. The molecule has 2 aromatic heterocycles. The Bertz CT molecular complexity index is 1090. The number of furan rings is 1. The molecule has 142 valence electrons. The fourth-order valence-electron chi connectivity index (χ4n) is 3.15. The van der Waals surface area contributed by atoms with E-state index in [1.807, 2.05) is 0 Å². The summed E-state index contributed by atoms with van der Waals surface area (Å²) in [6, 6.07) is 9.47. The minimum atomic E-state index is -0.472. The van der Waals surface area contributed by atoms with Gasteiger partial charge in [-0.05, 0) is 42.7 Å². The topological polar surface area (TPSA) is 106 Å². The van der Waals surface area contributed by atoms with Crippen LogP contribution in [0.1, 0.15) is 31.4 Å². The summed E-state index contributed by atoms with van der Waals surface area (Å²) < 4.78 is 5.07. The molecule has 28 heavy (non-hydrogen) atoms. The van der Waals surface area contributed by atoms with E-state index >= 15 is 0 Å². The fourth-order valence-corrected chi connectivity index (χ4v) is 4.17. The molecule has 1 N–H and O–H groups in total. The highest BCUT2D eigenvalue weighted by molar-refractivity contribution is 7.18. The first-order chi connectivity index (χ1) is 13.4. The summed E-state index contributed by atoms with van der Waals surface area (Å²) in [6.07, 6.45) is 2.05.